The van der Waals surface area contributed by atoms with Gasteiger partial charge in [-0.25, -0.2) is 9.29 Å². The number of carbonyl (C=O) groups is 2. The van der Waals surface area contributed by atoms with Crippen molar-refractivity contribution in [1.82, 2.24) is 4.57 Å². The van der Waals surface area contributed by atoms with Crippen molar-refractivity contribution in [3.05, 3.63) is 105 Å². The van der Waals surface area contributed by atoms with Crippen molar-refractivity contribution in [2.75, 3.05) is 4.90 Å². The zero-order valence-electron chi connectivity index (χ0n) is 17.0. The molecule has 1 saturated heterocycles. The Bertz CT molecular complexity index is 1440. The van der Waals surface area contributed by atoms with Gasteiger partial charge in [-0.1, -0.05) is 53.5 Å². The molecule has 4 aromatic rings. The predicted octanol–water partition coefficient (Wildman–Crippen LogP) is 7.38. The number of benzene rings is 3. The highest BCUT2D eigenvalue weighted by Crippen LogP contribution is 2.37. The first-order valence-electron chi connectivity index (χ1n) is 9.96. The number of imide groups is 1. The minimum atomic E-state index is -0.416. The molecule has 0 N–H and O–H groups in total. The molecule has 8 heteroatoms. The fourth-order valence-corrected chi connectivity index (χ4v) is 5.06. The van der Waals surface area contributed by atoms with Gasteiger partial charge in [0.25, 0.3) is 11.1 Å². The highest BCUT2D eigenvalue weighted by molar-refractivity contribution is 8.19. The van der Waals surface area contributed by atoms with Crippen LogP contribution in [0.5, 0.6) is 0 Å². The lowest BCUT2D eigenvalue weighted by molar-refractivity contribution is -0.113. The first-order valence-corrected chi connectivity index (χ1v) is 11.5. The van der Waals surface area contributed by atoms with Crippen LogP contribution in [0.15, 0.2) is 77.8 Å². The molecular formula is C25H15Cl2FN2O2S. The van der Waals surface area contributed by atoms with E-state index in [1.807, 2.05) is 35.0 Å². The number of para-hydroxylation sites is 1. The Balaban J connectivity index is 1.55. The van der Waals surface area contributed by atoms with Gasteiger partial charge in [-0.3, -0.25) is 9.59 Å². The Morgan fingerprint density at radius 3 is 2.55 bits per heavy atom. The number of aromatic nitrogens is 1. The van der Waals surface area contributed by atoms with Gasteiger partial charge in [-0.15, -0.1) is 0 Å². The van der Waals surface area contributed by atoms with Crippen LogP contribution in [0.1, 0.15) is 11.1 Å². The van der Waals surface area contributed by atoms with E-state index in [-0.39, 0.29) is 12.4 Å². The van der Waals surface area contributed by atoms with E-state index in [4.69, 9.17) is 23.2 Å². The van der Waals surface area contributed by atoms with E-state index in [1.165, 1.54) is 6.07 Å². The molecule has 2 amide bonds. The zero-order chi connectivity index (χ0) is 23.1. The third-order valence-corrected chi connectivity index (χ3v) is 6.82. The van der Waals surface area contributed by atoms with Crippen molar-refractivity contribution in [3.63, 3.8) is 0 Å². The summed E-state index contributed by atoms with van der Waals surface area (Å²) in [5.74, 6) is -0.800. The third kappa shape index (κ3) is 4.06. The molecule has 0 spiro atoms. The average molecular weight is 497 g/mol. The Labute approximate surface area is 203 Å². The summed E-state index contributed by atoms with van der Waals surface area (Å²) in [6, 6.07) is 18.8. The number of fused-ring (bicyclic) bond motifs is 1. The Morgan fingerprint density at radius 2 is 1.76 bits per heavy atom. The molecule has 1 aromatic heterocycles. The standard InChI is InChI=1S/C25H15Cl2FN2O2S/c26-16-5-3-6-17(12-16)30-24(31)23(33-25(30)32)11-15-13-29(22-10-2-1-7-18(15)22)14-19-20(27)8-4-9-21(19)28/h1-13H,14H2/b23-11-. The minimum Gasteiger partial charge on any atom is -0.342 e. The van der Waals surface area contributed by atoms with Gasteiger partial charge < -0.3 is 4.57 Å². The topological polar surface area (TPSA) is 42.3 Å². The van der Waals surface area contributed by atoms with Gasteiger partial charge in [-0.05, 0) is 54.2 Å². The molecule has 164 valence electrons. The van der Waals surface area contributed by atoms with E-state index in [1.54, 1.807) is 42.5 Å². The molecule has 0 aliphatic carbocycles. The zero-order valence-corrected chi connectivity index (χ0v) is 19.3. The second kappa shape index (κ2) is 8.71. The van der Waals surface area contributed by atoms with Crippen molar-refractivity contribution in [1.29, 1.82) is 0 Å². The Morgan fingerprint density at radius 1 is 0.970 bits per heavy atom. The van der Waals surface area contributed by atoms with Crippen LogP contribution in [0.3, 0.4) is 0 Å². The first kappa shape index (κ1) is 21.8. The second-order valence-electron chi connectivity index (χ2n) is 7.43. The van der Waals surface area contributed by atoms with Crippen LogP contribution in [-0.4, -0.2) is 15.7 Å². The number of nitrogens with zero attached hydrogens (tertiary/aromatic N) is 2. The first-order chi connectivity index (χ1) is 15.9. The van der Waals surface area contributed by atoms with Crippen LogP contribution >= 0.6 is 35.0 Å². The van der Waals surface area contributed by atoms with E-state index >= 15 is 0 Å². The maximum Gasteiger partial charge on any atom is 0.298 e. The van der Waals surface area contributed by atoms with Crippen molar-refractivity contribution in [3.8, 4) is 0 Å². The molecule has 1 aliphatic rings. The average Bonchev–Trinajstić information content (AvgIpc) is 3.27. The fourth-order valence-electron chi connectivity index (χ4n) is 3.82. The number of hydrogen-bond acceptors (Lipinski definition) is 3. The molecule has 1 fully saturated rings. The summed E-state index contributed by atoms with van der Waals surface area (Å²) >= 11 is 13.1. The lowest BCUT2D eigenvalue weighted by Crippen LogP contribution is -2.27. The summed E-state index contributed by atoms with van der Waals surface area (Å²) in [4.78, 5) is 27.1. The monoisotopic (exact) mass is 496 g/mol. The molecule has 0 unspecified atom stereocenters. The second-order valence-corrected chi connectivity index (χ2v) is 9.26. The van der Waals surface area contributed by atoms with E-state index in [9.17, 15) is 14.0 Å². The van der Waals surface area contributed by atoms with Crippen molar-refractivity contribution in [2.45, 2.75) is 6.54 Å². The van der Waals surface area contributed by atoms with Gasteiger partial charge >= 0.3 is 0 Å². The van der Waals surface area contributed by atoms with Crippen molar-refractivity contribution in [2.24, 2.45) is 0 Å². The molecule has 5 rings (SSSR count). The number of rotatable bonds is 4. The van der Waals surface area contributed by atoms with Crippen LogP contribution in [0.25, 0.3) is 17.0 Å². The van der Waals surface area contributed by atoms with E-state index < -0.39 is 11.1 Å². The summed E-state index contributed by atoms with van der Waals surface area (Å²) < 4.78 is 16.3. The van der Waals surface area contributed by atoms with Gasteiger partial charge in [-0.2, -0.15) is 0 Å². The minimum absolute atomic E-state index is 0.226. The lowest BCUT2D eigenvalue weighted by atomic mass is 10.1. The van der Waals surface area contributed by atoms with Gasteiger partial charge in [0.15, 0.2) is 0 Å². The summed E-state index contributed by atoms with van der Waals surface area (Å²) in [6.07, 6.45) is 3.53. The molecule has 4 nitrogen and oxygen atoms in total. The fraction of sp³-hybridized carbons (Fsp3) is 0.0400. The van der Waals surface area contributed by atoms with E-state index in [2.05, 4.69) is 0 Å². The molecule has 0 radical (unpaired) electrons. The van der Waals surface area contributed by atoms with E-state index in [0.717, 1.165) is 33.1 Å². The van der Waals surface area contributed by atoms with E-state index in [0.29, 0.717) is 26.2 Å². The molecule has 0 atom stereocenters. The predicted molar refractivity (Wildman–Crippen MR) is 132 cm³/mol. The Hall–Kier alpha value is -3.06. The molecule has 33 heavy (non-hydrogen) atoms. The molecule has 3 aromatic carbocycles. The summed E-state index contributed by atoms with van der Waals surface area (Å²) in [7, 11) is 0. The number of carbonyl (C=O) groups excluding carboxylic acids is 2. The SMILES string of the molecule is O=C1S/C(=C\c2cn(Cc3c(F)cccc3Cl)c3ccccc23)C(=O)N1c1cccc(Cl)c1. The number of anilines is 1. The van der Waals surface area contributed by atoms with Crippen LogP contribution in [0, 0.1) is 5.82 Å². The molecular weight excluding hydrogens is 482 g/mol. The smallest absolute Gasteiger partial charge is 0.298 e. The summed E-state index contributed by atoms with van der Waals surface area (Å²) in [5.41, 5.74) is 2.41. The Kier molecular flexibility index (Phi) is 5.74. The number of halogens is 3. The normalized spacial score (nSPS) is 15.2. The van der Waals surface area contributed by atoms with Gasteiger partial charge in [0, 0.05) is 38.3 Å². The van der Waals surface area contributed by atoms with Crippen molar-refractivity contribution >= 4 is 68.8 Å². The number of hydrogen-bond donors (Lipinski definition) is 0. The maximum atomic E-state index is 14.4. The molecule has 1 aliphatic heterocycles. The molecule has 0 bridgehead atoms. The third-order valence-electron chi connectivity index (χ3n) is 5.36. The number of amides is 2. The van der Waals surface area contributed by atoms with Gasteiger partial charge in [0.05, 0.1) is 17.1 Å². The van der Waals surface area contributed by atoms with Crippen LogP contribution in [0.4, 0.5) is 14.9 Å². The summed E-state index contributed by atoms with van der Waals surface area (Å²) in [6.45, 7) is 0.226. The van der Waals surface area contributed by atoms with Crippen LogP contribution in [0.2, 0.25) is 10.0 Å². The molecule has 2 heterocycles. The van der Waals surface area contributed by atoms with Crippen LogP contribution in [-0.2, 0) is 11.3 Å². The summed E-state index contributed by atoms with van der Waals surface area (Å²) in [5, 5.41) is 1.26. The largest absolute Gasteiger partial charge is 0.342 e. The molecule has 0 saturated carbocycles. The van der Waals surface area contributed by atoms with Gasteiger partial charge in [0.2, 0.25) is 0 Å². The lowest BCUT2D eigenvalue weighted by Gasteiger charge is -2.12. The number of thioether (sulfide) groups is 1. The highest BCUT2D eigenvalue weighted by Gasteiger charge is 2.36. The maximum absolute atomic E-state index is 14.4. The van der Waals surface area contributed by atoms with Crippen molar-refractivity contribution < 1.29 is 14.0 Å². The van der Waals surface area contributed by atoms with Gasteiger partial charge in [0.1, 0.15) is 5.82 Å². The quantitative estimate of drug-likeness (QED) is 0.277. The van der Waals surface area contributed by atoms with Crippen LogP contribution < -0.4 is 4.90 Å². The highest BCUT2D eigenvalue weighted by atomic mass is 35.5.